The van der Waals surface area contributed by atoms with Gasteiger partial charge in [0.1, 0.15) is 12.3 Å². The number of ether oxygens (including phenoxy) is 1. The van der Waals surface area contributed by atoms with Gasteiger partial charge in [-0.15, -0.1) is 5.10 Å². The first-order valence-corrected chi connectivity index (χ1v) is 9.41. The molecule has 3 heterocycles. The molecule has 4 rings (SSSR count). The van der Waals surface area contributed by atoms with Crippen molar-refractivity contribution in [2.45, 2.75) is 20.5 Å². The van der Waals surface area contributed by atoms with Crippen molar-refractivity contribution in [1.82, 2.24) is 24.9 Å². The van der Waals surface area contributed by atoms with Crippen molar-refractivity contribution in [1.29, 1.82) is 0 Å². The fourth-order valence-corrected chi connectivity index (χ4v) is 2.76. The molecular weight excluding hydrogens is 394 g/mol. The van der Waals surface area contributed by atoms with E-state index in [1.807, 2.05) is 26.0 Å². The van der Waals surface area contributed by atoms with Gasteiger partial charge in [-0.2, -0.15) is 0 Å². The van der Waals surface area contributed by atoms with Gasteiger partial charge in [0.15, 0.2) is 11.6 Å². The van der Waals surface area contributed by atoms with Crippen molar-refractivity contribution in [3.63, 3.8) is 0 Å². The highest BCUT2D eigenvalue weighted by Crippen LogP contribution is 2.24. The molecule has 0 fully saturated rings. The summed E-state index contributed by atoms with van der Waals surface area (Å²) in [5.74, 6) is 1.12. The molecule has 4 aromatic rings. The summed E-state index contributed by atoms with van der Waals surface area (Å²) in [6, 6.07) is 12.6. The number of aromatic nitrogens is 5. The molecule has 0 saturated heterocycles. The molecule has 9 heteroatoms. The number of aromatic amines is 1. The summed E-state index contributed by atoms with van der Waals surface area (Å²) in [6.45, 7) is 4.16. The molecule has 0 unspecified atom stereocenters. The van der Waals surface area contributed by atoms with E-state index in [9.17, 15) is 4.79 Å². The van der Waals surface area contributed by atoms with Crippen molar-refractivity contribution >= 4 is 11.6 Å². The minimum absolute atomic E-state index is 0.158. The lowest BCUT2D eigenvalue weighted by molar-refractivity contribution is 0.259. The molecule has 0 aliphatic heterocycles. The SMILES string of the molecule is CC.Cn1c(OCc2cc(-c3cccc(Cl)c3)on2)nnc1-c1cc[nH]c(=O)c1. The Labute approximate surface area is 172 Å². The number of H-pyrrole nitrogens is 1. The zero-order chi connectivity index (χ0) is 20.8. The number of benzene rings is 1. The molecule has 0 atom stereocenters. The van der Waals surface area contributed by atoms with E-state index in [0.717, 1.165) is 5.56 Å². The number of hydrogen-bond acceptors (Lipinski definition) is 6. The third-order valence-electron chi connectivity index (χ3n) is 3.89. The molecule has 150 valence electrons. The van der Waals surface area contributed by atoms with E-state index in [1.165, 1.54) is 6.07 Å². The van der Waals surface area contributed by atoms with Gasteiger partial charge in [0.05, 0.1) is 0 Å². The topological polar surface area (TPSA) is 98.8 Å². The molecule has 0 amide bonds. The van der Waals surface area contributed by atoms with Crippen LogP contribution in [-0.4, -0.2) is 24.9 Å². The van der Waals surface area contributed by atoms with Gasteiger partial charge in [-0.3, -0.25) is 9.36 Å². The summed E-state index contributed by atoms with van der Waals surface area (Å²) >= 11 is 6.00. The number of rotatable bonds is 5. The second-order valence-electron chi connectivity index (χ2n) is 5.79. The van der Waals surface area contributed by atoms with E-state index < -0.39 is 0 Å². The minimum atomic E-state index is -0.214. The number of nitrogens with one attached hydrogen (secondary N) is 1. The van der Waals surface area contributed by atoms with Gasteiger partial charge in [0.2, 0.25) is 5.56 Å². The molecule has 0 spiro atoms. The molecule has 29 heavy (non-hydrogen) atoms. The first kappa shape index (κ1) is 20.3. The van der Waals surface area contributed by atoms with Crippen LogP contribution < -0.4 is 10.3 Å². The molecule has 0 bridgehead atoms. The largest absolute Gasteiger partial charge is 0.457 e. The van der Waals surface area contributed by atoms with Crippen LogP contribution in [0.15, 0.2) is 58.0 Å². The Hall–Kier alpha value is -3.39. The van der Waals surface area contributed by atoms with Gasteiger partial charge in [-0.1, -0.05) is 47.8 Å². The van der Waals surface area contributed by atoms with Crippen molar-refractivity contribution in [2.75, 3.05) is 0 Å². The van der Waals surface area contributed by atoms with Crippen molar-refractivity contribution in [2.24, 2.45) is 7.05 Å². The van der Waals surface area contributed by atoms with Crippen molar-refractivity contribution in [3.8, 4) is 28.7 Å². The van der Waals surface area contributed by atoms with Gasteiger partial charge in [-0.05, 0) is 18.2 Å². The average Bonchev–Trinajstić information content (AvgIpc) is 3.35. The lowest BCUT2D eigenvalue weighted by atomic mass is 10.2. The maximum atomic E-state index is 11.5. The number of hydrogen-bond donors (Lipinski definition) is 1. The molecule has 0 saturated carbocycles. The number of halogens is 1. The maximum Gasteiger partial charge on any atom is 0.317 e. The fraction of sp³-hybridized carbons (Fsp3) is 0.200. The summed E-state index contributed by atoms with van der Waals surface area (Å²) in [5, 5.41) is 12.7. The summed E-state index contributed by atoms with van der Waals surface area (Å²) in [7, 11) is 1.76. The molecule has 1 aromatic carbocycles. The Morgan fingerprint density at radius 3 is 2.72 bits per heavy atom. The monoisotopic (exact) mass is 413 g/mol. The van der Waals surface area contributed by atoms with E-state index in [0.29, 0.717) is 33.9 Å². The highest BCUT2D eigenvalue weighted by Gasteiger charge is 2.14. The van der Waals surface area contributed by atoms with Crippen LogP contribution in [0.4, 0.5) is 0 Å². The van der Waals surface area contributed by atoms with Gasteiger partial charge in [0.25, 0.3) is 0 Å². The number of pyridine rings is 1. The summed E-state index contributed by atoms with van der Waals surface area (Å²) < 4.78 is 12.7. The van der Waals surface area contributed by atoms with Gasteiger partial charge in [-0.25, -0.2) is 0 Å². The Bertz CT molecular complexity index is 1150. The Kier molecular flexibility index (Phi) is 6.46. The quantitative estimate of drug-likeness (QED) is 0.529. The van der Waals surface area contributed by atoms with Gasteiger partial charge in [0, 0.05) is 41.5 Å². The molecule has 3 aromatic heterocycles. The summed E-state index contributed by atoms with van der Waals surface area (Å²) in [5.41, 5.74) is 1.87. The standard InChI is InChI=1S/C18H14ClN5O3.C2H6/c1-24-17(12-5-6-20-16(25)8-12)21-22-18(24)26-10-14-9-15(27-23-14)11-3-2-4-13(19)7-11;1-2/h2-9H,10H2,1H3,(H,20,25);1-2H3. The van der Waals surface area contributed by atoms with Crippen LogP contribution in [0.25, 0.3) is 22.7 Å². The van der Waals surface area contributed by atoms with Crippen molar-refractivity contribution in [3.05, 3.63) is 69.7 Å². The maximum absolute atomic E-state index is 11.5. The second-order valence-corrected chi connectivity index (χ2v) is 6.22. The zero-order valence-electron chi connectivity index (χ0n) is 16.2. The first-order valence-electron chi connectivity index (χ1n) is 9.03. The Morgan fingerprint density at radius 2 is 1.97 bits per heavy atom. The molecule has 8 nitrogen and oxygen atoms in total. The van der Waals surface area contributed by atoms with E-state index >= 15 is 0 Å². The van der Waals surface area contributed by atoms with Crippen LogP contribution in [-0.2, 0) is 13.7 Å². The zero-order valence-corrected chi connectivity index (χ0v) is 17.0. The highest BCUT2D eigenvalue weighted by molar-refractivity contribution is 6.30. The van der Waals surface area contributed by atoms with E-state index in [1.54, 1.807) is 42.1 Å². The van der Waals surface area contributed by atoms with Crippen LogP contribution in [0.5, 0.6) is 6.01 Å². The van der Waals surface area contributed by atoms with E-state index in [4.69, 9.17) is 20.9 Å². The second kappa shape index (κ2) is 9.20. The molecule has 0 aliphatic rings. The van der Waals surface area contributed by atoms with Gasteiger partial charge < -0.3 is 14.2 Å². The fourth-order valence-electron chi connectivity index (χ4n) is 2.57. The normalized spacial score (nSPS) is 10.3. The summed E-state index contributed by atoms with van der Waals surface area (Å²) in [4.78, 5) is 14.0. The predicted molar refractivity (Wildman–Crippen MR) is 110 cm³/mol. The number of nitrogens with zero attached hydrogens (tertiary/aromatic N) is 4. The highest BCUT2D eigenvalue weighted by atomic mass is 35.5. The van der Waals surface area contributed by atoms with Crippen LogP contribution >= 0.6 is 11.6 Å². The van der Waals surface area contributed by atoms with Crippen LogP contribution in [0, 0.1) is 0 Å². The Morgan fingerprint density at radius 1 is 1.14 bits per heavy atom. The van der Waals surface area contributed by atoms with Crippen LogP contribution in [0.3, 0.4) is 0 Å². The van der Waals surface area contributed by atoms with Crippen LogP contribution in [0.2, 0.25) is 5.02 Å². The van der Waals surface area contributed by atoms with E-state index in [-0.39, 0.29) is 12.2 Å². The molecule has 0 aliphatic carbocycles. The van der Waals surface area contributed by atoms with Crippen LogP contribution in [0.1, 0.15) is 19.5 Å². The lowest BCUT2D eigenvalue weighted by Gasteiger charge is -2.04. The smallest absolute Gasteiger partial charge is 0.317 e. The first-order chi connectivity index (χ1) is 14.1. The van der Waals surface area contributed by atoms with Gasteiger partial charge >= 0.3 is 6.01 Å². The third kappa shape index (κ3) is 4.72. The molecular formula is C20H20ClN5O3. The van der Waals surface area contributed by atoms with E-state index in [2.05, 4.69) is 20.3 Å². The third-order valence-corrected chi connectivity index (χ3v) is 4.12. The predicted octanol–water partition coefficient (Wildman–Crippen LogP) is 4.08. The Balaban J connectivity index is 0.00000117. The minimum Gasteiger partial charge on any atom is -0.457 e. The molecule has 1 N–H and O–H groups in total. The molecule has 0 radical (unpaired) electrons. The average molecular weight is 414 g/mol. The lowest BCUT2D eigenvalue weighted by Crippen LogP contribution is -2.05. The summed E-state index contributed by atoms with van der Waals surface area (Å²) in [6.07, 6.45) is 1.56. The van der Waals surface area contributed by atoms with Crippen molar-refractivity contribution < 1.29 is 9.26 Å².